The van der Waals surface area contributed by atoms with Crippen molar-refractivity contribution in [3.63, 3.8) is 0 Å². The standard InChI is InChI=1S/C17H23N3/c1-10-8-11(2)13(4)16(12(10)3)14-9-19-20-17(14)15-6-5-7-18-15/h8-9,15,18H,5-7H2,1-4H3,(H,19,20). The van der Waals surface area contributed by atoms with Gasteiger partial charge in [0.05, 0.1) is 11.9 Å². The molecule has 3 nitrogen and oxygen atoms in total. The molecule has 1 atom stereocenters. The molecule has 0 bridgehead atoms. The molecule has 3 heteroatoms. The maximum atomic E-state index is 4.32. The zero-order chi connectivity index (χ0) is 14.3. The Morgan fingerprint density at radius 3 is 2.40 bits per heavy atom. The summed E-state index contributed by atoms with van der Waals surface area (Å²) in [5.74, 6) is 0. The fraction of sp³-hybridized carbons (Fsp3) is 0.471. The molecule has 2 N–H and O–H groups in total. The van der Waals surface area contributed by atoms with E-state index in [1.165, 1.54) is 51.9 Å². The molecule has 1 saturated heterocycles. The molecule has 0 amide bonds. The van der Waals surface area contributed by atoms with Crippen molar-refractivity contribution in [3.05, 3.63) is 40.2 Å². The molecule has 1 aliphatic heterocycles. The van der Waals surface area contributed by atoms with Crippen LogP contribution in [-0.4, -0.2) is 16.7 Å². The summed E-state index contributed by atoms with van der Waals surface area (Å²) in [6, 6.07) is 2.70. The normalized spacial score (nSPS) is 18.7. The van der Waals surface area contributed by atoms with Gasteiger partial charge in [0.2, 0.25) is 0 Å². The Labute approximate surface area is 120 Å². The van der Waals surface area contributed by atoms with Gasteiger partial charge in [0, 0.05) is 11.6 Å². The minimum absolute atomic E-state index is 0.423. The van der Waals surface area contributed by atoms with Gasteiger partial charge in [-0.3, -0.25) is 5.10 Å². The van der Waals surface area contributed by atoms with Crippen LogP contribution in [0.1, 0.15) is 46.8 Å². The smallest absolute Gasteiger partial charge is 0.0600 e. The molecule has 0 spiro atoms. The number of H-pyrrole nitrogens is 1. The largest absolute Gasteiger partial charge is 0.309 e. The predicted molar refractivity (Wildman–Crippen MR) is 82.9 cm³/mol. The minimum Gasteiger partial charge on any atom is -0.309 e. The first kappa shape index (κ1) is 13.4. The number of aryl methyl sites for hydroxylation is 2. The lowest BCUT2D eigenvalue weighted by Gasteiger charge is -2.17. The van der Waals surface area contributed by atoms with Gasteiger partial charge in [-0.2, -0.15) is 5.10 Å². The van der Waals surface area contributed by atoms with E-state index in [1.807, 2.05) is 6.20 Å². The van der Waals surface area contributed by atoms with Crippen molar-refractivity contribution in [2.75, 3.05) is 6.54 Å². The predicted octanol–water partition coefficient (Wildman–Crippen LogP) is 3.73. The zero-order valence-electron chi connectivity index (χ0n) is 12.8. The number of rotatable bonds is 2. The lowest BCUT2D eigenvalue weighted by molar-refractivity contribution is 0.626. The molecular weight excluding hydrogens is 246 g/mol. The lowest BCUT2D eigenvalue weighted by Crippen LogP contribution is -2.14. The molecule has 20 heavy (non-hydrogen) atoms. The monoisotopic (exact) mass is 269 g/mol. The van der Waals surface area contributed by atoms with Gasteiger partial charge in [-0.05, 0) is 74.9 Å². The summed E-state index contributed by atoms with van der Waals surface area (Å²) < 4.78 is 0. The third-order valence-electron chi connectivity index (χ3n) is 4.71. The van der Waals surface area contributed by atoms with Gasteiger partial charge in [-0.1, -0.05) is 6.07 Å². The van der Waals surface area contributed by atoms with Crippen molar-refractivity contribution in [2.45, 2.75) is 46.6 Å². The van der Waals surface area contributed by atoms with Crippen LogP contribution in [0, 0.1) is 27.7 Å². The minimum atomic E-state index is 0.423. The topological polar surface area (TPSA) is 40.7 Å². The van der Waals surface area contributed by atoms with Gasteiger partial charge in [0.15, 0.2) is 0 Å². The van der Waals surface area contributed by atoms with Gasteiger partial charge in [-0.15, -0.1) is 0 Å². The Balaban J connectivity index is 2.17. The lowest BCUT2D eigenvalue weighted by atomic mass is 9.89. The summed E-state index contributed by atoms with van der Waals surface area (Å²) in [6.45, 7) is 9.93. The van der Waals surface area contributed by atoms with Crippen LogP contribution in [0.3, 0.4) is 0 Å². The van der Waals surface area contributed by atoms with Gasteiger partial charge in [0.1, 0.15) is 0 Å². The van der Waals surface area contributed by atoms with Gasteiger partial charge in [-0.25, -0.2) is 0 Å². The second-order valence-electron chi connectivity index (χ2n) is 5.98. The highest BCUT2D eigenvalue weighted by atomic mass is 15.1. The summed E-state index contributed by atoms with van der Waals surface area (Å²) >= 11 is 0. The van der Waals surface area contributed by atoms with E-state index in [0.29, 0.717) is 6.04 Å². The molecule has 2 heterocycles. The van der Waals surface area contributed by atoms with Crippen molar-refractivity contribution in [1.29, 1.82) is 0 Å². The number of hydrogen-bond acceptors (Lipinski definition) is 2. The molecule has 1 unspecified atom stereocenters. The third-order valence-corrected chi connectivity index (χ3v) is 4.71. The molecule has 2 aromatic rings. The van der Waals surface area contributed by atoms with E-state index in [-0.39, 0.29) is 0 Å². The number of nitrogens with one attached hydrogen (secondary N) is 2. The summed E-state index contributed by atoms with van der Waals surface area (Å²) in [6.07, 6.45) is 4.43. The number of nitrogens with zero attached hydrogens (tertiary/aromatic N) is 1. The molecule has 0 aliphatic carbocycles. The second kappa shape index (κ2) is 5.06. The third kappa shape index (κ3) is 2.06. The van der Waals surface area contributed by atoms with E-state index in [2.05, 4.69) is 49.3 Å². The van der Waals surface area contributed by atoms with Crippen LogP contribution < -0.4 is 5.32 Å². The van der Waals surface area contributed by atoms with Gasteiger partial charge < -0.3 is 5.32 Å². The highest BCUT2D eigenvalue weighted by Crippen LogP contribution is 2.36. The quantitative estimate of drug-likeness (QED) is 0.872. The molecule has 106 valence electrons. The van der Waals surface area contributed by atoms with Crippen LogP contribution >= 0.6 is 0 Å². The molecule has 3 rings (SSSR count). The molecule has 1 fully saturated rings. The van der Waals surface area contributed by atoms with Crippen LogP contribution in [0.4, 0.5) is 0 Å². The number of aromatic amines is 1. The molecule has 0 saturated carbocycles. The van der Waals surface area contributed by atoms with Crippen molar-refractivity contribution in [2.24, 2.45) is 0 Å². The second-order valence-corrected chi connectivity index (χ2v) is 5.98. The maximum Gasteiger partial charge on any atom is 0.0600 e. The van der Waals surface area contributed by atoms with E-state index < -0.39 is 0 Å². The summed E-state index contributed by atoms with van der Waals surface area (Å²) in [7, 11) is 0. The van der Waals surface area contributed by atoms with E-state index in [4.69, 9.17) is 0 Å². The molecule has 1 aliphatic rings. The fourth-order valence-electron chi connectivity index (χ4n) is 3.31. The Kier molecular flexibility index (Phi) is 3.38. The molecule has 0 radical (unpaired) electrons. The highest BCUT2D eigenvalue weighted by Gasteiger charge is 2.23. The van der Waals surface area contributed by atoms with Crippen molar-refractivity contribution >= 4 is 0 Å². The van der Waals surface area contributed by atoms with Crippen molar-refractivity contribution < 1.29 is 0 Å². The van der Waals surface area contributed by atoms with Crippen LogP contribution in [0.25, 0.3) is 11.1 Å². The van der Waals surface area contributed by atoms with Crippen LogP contribution in [0.2, 0.25) is 0 Å². The van der Waals surface area contributed by atoms with Crippen molar-refractivity contribution in [3.8, 4) is 11.1 Å². The number of hydrogen-bond donors (Lipinski definition) is 2. The molecular formula is C17H23N3. The van der Waals surface area contributed by atoms with Crippen LogP contribution in [0.15, 0.2) is 12.3 Å². The Morgan fingerprint density at radius 1 is 1.10 bits per heavy atom. The van der Waals surface area contributed by atoms with Crippen molar-refractivity contribution in [1.82, 2.24) is 15.5 Å². The van der Waals surface area contributed by atoms with E-state index in [0.717, 1.165) is 6.54 Å². The van der Waals surface area contributed by atoms with E-state index >= 15 is 0 Å². The zero-order valence-corrected chi connectivity index (χ0v) is 12.8. The fourth-order valence-corrected chi connectivity index (χ4v) is 3.31. The van der Waals surface area contributed by atoms with Gasteiger partial charge >= 0.3 is 0 Å². The first-order valence-electron chi connectivity index (χ1n) is 7.44. The highest BCUT2D eigenvalue weighted by molar-refractivity contribution is 5.75. The number of aromatic nitrogens is 2. The first-order chi connectivity index (χ1) is 9.59. The van der Waals surface area contributed by atoms with E-state index in [9.17, 15) is 0 Å². The maximum absolute atomic E-state index is 4.32. The average molecular weight is 269 g/mol. The van der Waals surface area contributed by atoms with Crippen LogP contribution in [-0.2, 0) is 0 Å². The first-order valence-corrected chi connectivity index (χ1v) is 7.44. The molecule has 1 aromatic carbocycles. The number of benzene rings is 1. The molecule has 1 aromatic heterocycles. The Bertz CT molecular complexity index is 608. The Morgan fingerprint density at radius 2 is 1.80 bits per heavy atom. The van der Waals surface area contributed by atoms with E-state index in [1.54, 1.807) is 0 Å². The van der Waals surface area contributed by atoms with Crippen LogP contribution in [0.5, 0.6) is 0 Å². The SMILES string of the molecule is Cc1cc(C)c(C)c(-c2cn[nH]c2C2CCCN2)c1C. The summed E-state index contributed by atoms with van der Waals surface area (Å²) in [5.41, 5.74) is 9.33. The summed E-state index contributed by atoms with van der Waals surface area (Å²) in [5, 5.41) is 11.1. The summed E-state index contributed by atoms with van der Waals surface area (Å²) in [4.78, 5) is 0. The average Bonchev–Trinajstić information content (AvgIpc) is 3.07. The van der Waals surface area contributed by atoms with Gasteiger partial charge in [0.25, 0.3) is 0 Å². The Hall–Kier alpha value is -1.61.